The maximum atomic E-state index is 9.28. The van der Waals surface area contributed by atoms with Gasteiger partial charge in [-0.1, -0.05) is 5.16 Å². The molecule has 4 rings (SSSR count). The Morgan fingerprint density at radius 1 is 1.13 bits per heavy atom. The van der Waals surface area contributed by atoms with Crippen molar-refractivity contribution in [2.75, 3.05) is 18.0 Å². The van der Waals surface area contributed by atoms with Gasteiger partial charge in [-0.2, -0.15) is 10.2 Å². The van der Waals surface area contributed by atoms with Crippen LogP contribution in [0.15, 0.2) is 16.7 Å². The van der Waals surface area contributed by atoms with Crippen molar-refractivity contribution in [1.29, 1.82) is 5.26 Å². The van der Waals surface area contributed by atoms with E-state index in [0.29, 0.717) is 17.4 Å². The van der Waals surface area contributed by atoms with Crippen molar-refractivity contribution in [2.45, 2.75) is 44.4 Å². The Morgan fingerprint density at radius 2 is 1.91 bits per heavy atom. The minimum atomic E-state index is 0.345. The predicted octanol–water partition coefficient (Wildman–Crippen LogP) is 2.91. The Morgan fingerprint density at radius 3 is 2.61 bits per heavy atom. The molecule has 6 nitrogen and oxygen atoms in total. The molecule has 0 atom stereocenters. The van der Waals surface area contributed by atoms with Crippen LogP contribution < -0.4 is 4.90 Å². The van der Waals surface area contributed by atoms with E-state index in [9.17, 15) is 5.26 Å². The third kappa shape index (κ3) is 2.79. The van der Waals surface area contributed by atoms with E-state index in [1.54, 1.807) is 0 Å². The number of aryl methyl sites for hydroxylation is 1. The zero-order valence-electron chi connectivity index (χ0n) is 13.2. The number of nitrogens with zero attached hydrogens (tertiary/aromatic N) is 5. The van der Waals surface area contributed by atoms with Gasteiger partial charge in [0, 0.05) is 30.6 Å². The molecule has 0 spiro atoms. The molecule has 6 heteroatoms. The quantitative estimate of drug-likeness (QED) is 0.867. The van der Waals surface area contributed by atoms with Crippen LogP contribution in [-0.4, -0.2) is 28.2 Å². The van der Waals surface area contributed by atoms with Crippen molar-refractivity contribution in [3.8, 4) is 6.07 Å². The second kappa shape index (κ2) is 5.65. The third-order valence-electron chi connectivity index (χ3n) is 4.68. The van der Waals surface area contributed by atoms with Crippen molar-refractivity contribution >= 4 is 5.82 Å². The first-order chi connectivity index (χ1) is 11.2. The van der Waals surface area contributed by atoms with Crippen LogP contribution in [-0.2, 0) is 0 Å². The average molecular weight is 309 g/mol. The van der Waals surface area contributed by atoms with E-state index in [-0.39, 0.29) is 0 Å². The standard InChI is InChI=1S/C17H19N5O/c1-11-2-3-14(10-18)16(19-11)22-8-6-12(7-9-22)15-20-17(23-21-15)13-4-5-13/h2-3,12-13H,4-9H2,1H3. The molecule has 2 aromatic heterocycles. The van der Waals surface area contributed by atoms with E-state index in [0.717, 1.165) is 49.2 Å². The largest absolute Gasteiger partial charge is 0.355 e. The maximum Gasteiger partial charge on any atom is 0.229 e. The van der Waals surface area contributed by atoms with Crippen molar-refractivity contribution in [3.63, 3.8) is 0 Å². The number of hydrogen-bond donors (Lipinski definition) is 0. The molecular weight excluding hydrogens is 290 g/mol. The molecule has 3 heterocycles. The zero-order chi connectivity index (χ0) is 15.8. The minimum absolute atomic E-state index is 0.345. The molecule has 0 bridgehead atoms. The van der Waals surface area contributed by atoms with Gasteiger partial charge in [-0.15, -0.1) is 0 Å². The van der Waals surface area contributed by atoms with E-state index in [1.165, 1.54) is 12.8 Å². The molecule has 0 unspecified atom stereocenters. The number of rotatable bonds is 3. The topological polar surface area (TPSA) is 78.8 Å². The van der Waals surface area contributed by atoms with E-state index in [1.807, 2.05) is 19.1 Å². The van der Waals surface area contributed by atoms with Crippen LogP contribution in [0.4, 0.5) is 5.82 Å². The first-order valence-electron chi connectivity index (χ1n) is 8.21. The van der Waals surface area contributed by atoms with Crippen LogP contribution >= 0.6 is 0 Å². The van der Waals surface area contributed by atoms with Crippen molar-refractivity contribution in [3.05, 3.63) is 35.1 Å². The third-order valence-corrected chi connectivity index (χ3v) is 4.68. The lowest BCUT2D eigenvalue weighted by Crippen LogP contribution is -2.34. The molecule has 1 saturated heterocycles. The number of piperidine rings is 1. The van der Waals surface area contributed by atoms with Gasteiger partial charge in [-0.3, -0.25) is 0 Å². The lowest BCUT2D eigenvalue weighted by Gasteiger charge is -2.32. The molecule has 118 valence electrons. The van der Waals surface area contributed by atoms with Crippen molar-refractivity contribution < 1.29 is 4.52 Å². The Hall–Kier alpha value is -2.42. The summed E-state index contributed by atoms with van der Waals surface area (Å²) in [6, 6.07) is 5.98. The Balaban J connectivity index is 1.46. The summed E-state index contributed by atoms with van der Waals surface area (Å²) in [5, 5.41) is 13.5. The lowest BCUT2D eigenvalue weighted by atomic mass is 9.96. The summed E-state index contributed by atoms with van der Waals surface area (Å²) < 4.78 is 5.38. The first-order valence-corrected chi connectivity index (χ1v) is 8.21. The highest BCUT2D eigenvalue weighted by Crippen LogP contribution is 2.40. The van der Waals surface area contributed by atoms with Gasteiger partial charge in [0.05, 0.1) is 5.56 Å². The Kier molecular flexibility index (Phi) is 3.49. The molecule has 1 saturated carbocycles. The van der Waals surface area contributed by atoms with Crippen molar-refractivity contribution in [2.24, 2.45) is 0 Å². The Labute approximate surface area is 135 Å². The van der Waals surface area contributed by atoms with Gasteiger partial charge in [-0.25, -0.2) is 4.98 Å². The number of pyridine rings is 1. The molecule has 2 aliphatic rings. The summed E-state index contributed by atoms with van der Waals surface area (Å²) in [6.45, 7) is 3.68. The monoisotopic (exact) mass is 309 g/mol. The maximum absolute atomic E-state index is 9.28. The van der Waals surface area contributed by atoms with Crippen LogP contribution in [0.3, 0.4) is 0 Å². The normalized spacial score (nSPS) is 18.9. The summed E-state index contributed by atoms with van der Waals surface area (Å²) in [5.74, 6) is 3.32. The van der Waals surface area contributed by atoms with E-state index in [4.69, 9.17) is 4.52 Å². The SMILES string of the molecule is Cc1ccc(C#N)c(N2CCC(c3noc(C4CC4)n3)CC2)n1. The van der Waals surface area contributed by atoms with Crippen LogP contribution in [0, 0.1) is 18.3 Å². The predicted molar refractivity (Wildman–Crippen MR) is 84.2 cm³/mol. The second-order valence-electron chi connectivity index (χ2n) is 6.46. The van der Waals surface area contributed by atoms with Crippen molar-refractivity contribution in [1.82, 2.24) is 15.1 Å². The van der Waals surface area contributed by atoms with Gasteiger partial charge in [0.15, 0.2) is 5.82 Å². The molecule has 0 aromatic carbocycles. The highest BCUT2D eigenvalue weighted by molar-refractivity contribution is 5.54. The van der Waals surface area contributed by atoms with E-state index in [2.05, 4.69) is 26.1 Å². The fourth-order valence-electron chi connectivity index (χ4n) is 3.13. The van der Waals surface area contributed by atoms with E-state index >= 15 is 0 Å². The Bertz CT molecular complexity index is 751. The van der Waals surface area contributed by atoms with Gasteiger partial charge < -0.3 is 9.42 Å². The summed E-state index contributed by atoms with van der Waals surface area (Å²) in [6.07, 6.45) is 4.28. The molecule has 23 heavy (non-hydrogen) atoms. The molecule has 1 aliphatic heterocycles. The number of aromatic nitrogens is 3. The zero-order valence-corrected chi connectivity index (χ0v) is 13.2. The average Bonchev–Trinajstić information content (AvgIpc) is 3.32. The van der Waals surface area contributed by atoms with Crippen LogP contribution in [0.2, 0.25) is 0 Å². The number of nitriles is 1. The van der Waals surface area contributed by atoms with Gasteiger partial charge >= 0.3 is 0 Å². The smallest absolute Gasteiger partial charge is 0.229 e. The number of anilines is 1. The van der Waals surface area contributed by atoms with E-state index < -0.39 is 0 Å². The molecule has 1 aliphatic carbocycles. The summed E-state index contributed by atoms with van der Waals surface area (Å²) in [5.41, 5.74) is 1.58. The molecule has 2 fully saturated rings. The molecule has 0 radical (unpaired) electrons. The lowest BCUT2D eigenvalue weighted by molar-refractivity contribution is 0.364. The highest BCUT2D eigenvalue weighted by Gasteiger charge is 2.32. The fraction of sp³-hybridized carbons (Fsp3) is 0.529. The van der Waals surface area contributed by atoms with Crippen LogP contribution in [0.25, 0.3) is 0 Å². The summed E-state index contributed by atoms with van der Waals surface area (Å²) >= 11 is 0. The molecule has 2 aromatic rings. The molecular formula is C17H19N5O. The van der Waals surface area contributed by atoms with Gasteiger partial charge in [0.1, 0.15) is 11.9 Å². The number of hydrogen-bond acceptors (Lipinski definition) is 6. The highest BCUT2D eigenvalue weighted by atomic mass is 16.5. The molecule has 0 N–H and O–H groups in total. The first kappa shape index (κ1) is 14.2. The van der Waals surface area contributed by atoms with Gasteiger partial charge in [0.25, 0.3) is 0 Å². The summed E-state index contributed by atoms with van der Waals surface area (Å²) in [7, 11) is 0. The van der Waals surface area contributed by atoms with Gasteiger partial charge in [-0.05, 0) is 44.7 Å². The summed E-state index contributed by atoms with van der Waals surface area (Å²) in [4.78, 5) is 11.3. The second-order valence-corrected chi connectivity index (χ2v) is 6.46. The minimum Gasteiger partial charge on any atom is -0.355 e. The molecule has 0 amide bonds. The van der Waals surface area contributed by atoms with Gasteiger partial charge in [0.2, 0.25) is 5.89 Å². The van der Waals surface area contributed by atoms with Crippen LogP contribution in [0.5, 0.6) is 0 Å². The van der Waals surface area contributed by atoms with Crippen LogP contribution in [0.1, 0.15) is 60.5 Å². The fourth-order valence-corrected chi connectivity index (χ4v) is 3.13.